The van der Waals surface area contributed by atoms with E-state index < -0.39 is 0 Å². The van der Waals surface area contributed by atoms with E-state index >= 15 is 0 Å². The molecule has 5 heteroatoms. The molecule has 1 aliphatic rings. The van der Waals surface area contributed by atoms with Gasteiger partial charge in [0.25, 0.3) is 5.91 Å². The molecule has 3 rings (SSSR count). The van der Waals surface area contributed by atoms with Crippen molar-refractivity contribution in [2.45, 2.75) is 32.7 Å². The third-order valence-corrected chi connectivity index (χ3v) is 5.01. The standard InChI is InChI=1S/C22H28FN3O/c1-17-5-8-19(15-21(17)23)22(27)25-12-11-24-16-18-6-9-20(10-7-18)26-13-3-2-4-14-26/h5-10,15,24H,2-4,11-14,16H2,1H3,(H,25,27). The smallest absolute Gasteiger partial charge is 0.251 e. The number of benzene rings is 2. The maximum Gasteiger partial charge on any atom is 0.251 e. The van der Waals surface area contributed by atoms with Crippen LogP contribution in [0.15, 0.2) is 42.5 Å². The van der Waals surface area contributed by atoms with Crippen LogP contribution in [0.5, 0.6) is 0 Å². The zero-order valence-electron chi connectivity index (χ0n) is 15.9. The van der Waals surface area contributed by atoms with Gasteiger partial charge in [0.2, 0.25) is 0 Å². The quantitative estimate of drug-likeness (QED) is 0.733. The van der Waals surface area contributed by atoms with Gasteiger partial charge in [0, 0.05) is 44.0 Å². The van der Waals surface area contributed by atoms with Gasteiger partial charge in [-0.3, -0.25) is 4.79 Å². The van der Waals surface area contributed by atoms with E-state index in [0.717, 1.165) is 19.6 Å². The van der Waals surface area contributed by atoms with E-state index in [1.807, 2.05) is 0 Å². The predicted octanol–water partition coefficient (Wildman–Crippen LogP) is 3.64. The van der Waals surface area contributed by atoms with Gasteiger partial charge in [-0.05, 0) is 61.6 Å². The van der Waals surface area contributed by atoms with Crippen LogP contribution in [0.3, 0.4) is 0 Å². The number of carbonyl (C=O) groups is 1. The number of nitrogens with zero attached hydrogens (tertiary/aromatic N) is 1. The van der Waals surface area contributed by atoms with Gasteiger partial charge < -0.3 is 15.5 Å². The van der Waals surface area contributed by atoms with Gasteiger partial charge in [0.1, 0.15) is 5.82 Å². The number of nitrogens with one attached hydrogen (secondary N) is 2. The van der Waals surface area contributed by atoms with Crippen molar-refractivity contribution in [3.8, 4) is 0 Å². The van der Waals surface area contributed by atoms with E-state index in [1.165, 1.54) is 36.6 Å². The minimum absolute atomic E-state index is 0.249. The highest BCUT2D eigenvalue weighted by Crippen LogP contribution is 2.20. The molecule has 1 aliphatic heterocycles. The summed E-state index contributed by atoms with van der Waals surface area (Å²) < 4.78 is 13.5. The molecule has 1 heterocycles. The highest BCUT2D eigenvalue weighted by Gasteiger charge is 2.10. The Labute approximate surface area is 160 Å². The maximum atomic E-state index is 13.5. The van der Waals surface area contributed by atoms with Crippen LogP contribution in [0.25, 0.3) is 0 Å². The lowest BCUT2D eigenvalue weighted by Gasteiger charge is -2.28. The van der Waals surface area contributed by atoms with E-state index in [9.17, 15) is 9.18 Å². The molecule has 0 aliphatic carbocycles. The van der Waals surface area contributed by atoms with Crippen LogP contribution in [-0.2, 0) is 6.54 Å². The van der Waals surface area contributed by atoms with Crippen LogP contribution in [0.1, 0.15) is 40.7 Å². The second kappa shape index (κ2) is 9.51. The topological polar surface area (TPSA) is 44.4 Å². The lowest BCUT2D eigenvalue weighted by molar-refractivity contribution is 0.0953. The Hall–Kier alpha value is -2.40. The largest absolute Gasteiger partial charge is 0.372 e. The maximum absolute atomic E-state index is 13.5. The van der Waals surface area contributed by atoms with Crippen molar-refractivity contribution in [2.24, 2.45) is 0 Å². The first kappa shape index (κ1) is 19.4. The zero-order chi connectivity index (χ0) is 19.1. The van der Waals surface area contributed by atoms with Crippen LogP contribution in [-0.4, -0.2) is 32.1 Å². The molecule has 2 aromatic carbocycles. The molecule has 0 atom stereocenters. The number of rotatable bonds is 7. The van der Waals surface area contributed by atoms with E-state index in [-0.39, 0.29) is 11.7 Å². The van der Waals surface area contributed by atoms with E-state index in [0.29, 0.717) is 24.2 Å². The summed E-state index contributed by atoms with van der Waals surface area (Å²) in [5.74, 6) is -0.602. The average Bonchev–Trinajstić information content (AvgIpc) is 2.71. The van der Waals surface area contributed by atoms with Gasteiger partial charge in [0.15, 0.2) is 0 Å². The summed E-state index contributed by atoms with van der Waals surface area (Å²) in [4.78, 5) is 14.5. The van der Waals surface area contributed by atoms with Crippen LogP contribution in [0.2, 0.25) is 0 Å². The number of amides is 1. The highest BCUT2D eigenvalue weighted by atomic mass is 19.1. The number of halogens is 1. The third kappa shape index (κ3) is 5.54. The summed E-state index contributed by atoms with van der Waals surface area (Å²) in [7, 11) is 0. The van der Waals surface area contributed by atoms with E-state index in [1.54, 1.807) is 19.1 Å². The lowest BCUT2D eigenvalue weighted by atomic mass is 10.1. The first-order chi connectivity index (χ1) is 13.1. The van der Waals surface area contributed by atoms with Gasteiger partial charge in [-0.2, -0.15) is 0 Å². The minimum atomic E-state index is -0.353. The molecule has 4 nitrogen and oxygen atoms in total. The number of hydrogen-bond acceptors (Lipinski definition) is 3. The molecule has 1 amide bonds. The summed E-state index contributed by atoms with van der Waals surface area (Å²) in [6.07, 6.45) is 3.91. The molecule has 0 spiro atoms. The van der Waals surface area contributed by atoms with Crippen molar-refractivity contribution in [3.63, 3.8) is 0 Å². The Morgan fingerprint density at radius 3 is 2.48 bits per heavy atom. The second-order valence-electron chi connectivity index (χ2n) is 7.11. The Morgan fingerprint density at radius 2 is 1.78 bits per heavy atom. The Bertz CT molecular complexity index is 755. The van der Waals surface area contributed by atoms with Gasteiger partial charge in [-0.1, -0.05) is 18.2 Å². The van der Waals surface area contributed by atoms with Crippen molar-refractivity contribution >= 4 is 11.6 Å². The highest BCUT2D eigenvalue weighted by molar-refractivity contribution is 5.94. The molecule has 0 unspecified atom stereocenters. The first-order valence-corrected chi connectivity index (χ1v) is 9.72. The average molecular weight is 369 g/mol. The number of piperidine rings is 1. The molecule has 0 bridgehead atoms. The molecule has 0 aromatic heterocycles. The van der Waals surface area contributed by atoms with Crippen LogP contribution in [0.4, 0.5) is 10.1 Å². The fourth-order valence-electron chi connectivity index (χ4n) is 3.31. The van der Waals surface area contributed by atoms with Crippen molar-refractivity contribution < 1.29 is 9.18 Å². The van der Waals surface area contributed by atoms with E-state index in [4.69, 9.17) is 0 Å². The molecule has 0 saturated carbocycles. The second-order valence-corrected chi connectivity index (χ2v) is 7.11. The minimum Gasteiger partial charge on any atom is -0.372 e. The molecule has 2 N–H and O–H groups in total. The Balaban J connectivity index is 1.37. The SMILES string of the molecule is Cc1ccc(C(=O)NCCNCc2ccc(N3CCCCC3)cc2)cc1F. The fourth-order valence-corrected chi connectivity index (χ4v) is 3.31. The summed E-state index contributed by atoms with van der Waals surface area (Å²) in [5, 5.41) is 6.13. The number of aryl methyl sites for hydroxylation is 1. The normalized spacial score (nSPS) is 14.2. The Kier molecular flexibility index (Phi) is 6.82. The van der Waals surface area contributed by atoms with Crippen molar-refractivity contribution in [2.75, 3.05) is 31.1 Å². The van der Waals surface area contributed by atoms with Crippen LogP contribution < -0.4 is 15.5 Å². The molecule has 1 saturated heterocycles. The third-order valence-electron chi connectivity index (χ3n) is 5.01. The van der Waals surface area contributed by atoms with Crippen LogP contribution >= 0.6 is 0 Å². The number of hydrogen-bond donors (Lipinski definition) is 2. The summed E-state index contributed by atoms with van der Waals surface area (Å²) in [6.45, 7) is 5.91. The van der Waals surface area contributed by atoms with Gasteiger partial charge >= 0.3 is 0 Å². The molecule has 0 radical (unpaired) electrons. The van der Waals surface area contributed by atoms with Gasteiger partial charge in [-0.25, -0.2) is 4.39 Å². The zero-order valence-corrected chi connectivity index (χ0v) is 15.9. The molecule has 1 fully saturated rings. The van der Waals surface area contributed by atoms with Gasteiger partial charge in [0.05, 0.1) is 0 Å². The molecular weight excluding hydrogens is 341 g/mol. The van der Waals surface area contributed by atoms with Crippen molar-refractivity contribution in [1.29, 1.82) is 0 Å². The van der Waals surface area contributed by atoms with Crippen molar-refractivity contribution in [3.05, 3.63) is 65.0 Å². The van der Waals surface area contributed by atoms with E-state index in [2.05, 4.69) is 39.8 Å². The monoisotopic (exact) mass is 369 g/mol. The predicted molar refractivity (Wildman–Crippen MR) is 108 cm³/mol. The fraction of sp³-hybridized carbons (Fsp3) is 0.409. The number of anilines is 1. The van der Waals surface area contributed by atoms with Crippen LogP contribution in [0, 0.1) is 12.7 Å². The van der Waals surface area contributed by atoms with Crippen molar-refractivity contribution in [1.82, 2.24) is 10.6 Å². The summed E-state index contributed by atoms with van der Waals surface area (Å²) in [5.41, 5.74) is 3.42. The van der Waals surface area contributed by atoms with Gasteiger partial charge in [-0.15, -0.1) is 0 Å². The summed E-state index contributed by atoms with van der Waals surface area (Å²) in [6, 6.07) is 13.2. The first-order valence-electron chi connectivity index (χ1n) is 9.72. The number of carbonyl (C=O) groups excluding carboxylic acids is 1. The summed E-state index contributed by atoms with van der Waals surface area (Å²) >= 11 is 0. The molecular formula is C22H28FN3O. The molecule has 27 heavy (non-hydrogen) atoms. The molecule has 144 valence electrons. The lowest BCUT2D eigenvalue weighted by Crippen LogP contribution is -2.31. The Morgan fingerprint density at radius 1 is 1.04 bits per heavy atom. The molecule has 2 aromatic rings.